The summed E-state index contributed by atoms with van der Waals surface area (Å²) in [4.78, 5) is 35.0. The monoisotopic (exact) mass is 847 g/mol. The van der Waals surface area contributed by atoms with Crippen LogP contribution >= 0.6 is 11.6 Å². The summed E-state index contributed by atoms with van der Waals surface area (Å²) in [7, 11) is 3.72. The Hall–Kier alpha value is -3.95. The number of likely N-dealkylation sites (tertiary alicyclic amines) is 1. The highest BCUT2D eigenvalue weighted by Crippen LogP contribution is 2.47. The smallest absolute Gasteiger partial charge is 0.286 e. The van der Waals surface area contributed by atoms with E-state index in [9.17, 15) is 13.8 Å². The number of likely N-dealkylation sites (N-methyl/N-ethyl adjacent to an activating group) is 1. The number of aryl methyl sites for hydroxylation is 2. The zero-order valence-electron chi connectivity index (χ0n) is 34.9. The molecule has 59 heavy (non-hydrogen) atoms. The molecule has 13 nitrogen and oxygen atoms in total. The fourth-order valence-electron chi connectivity index (χ4n) is 9.64. The fraction of sp³-hybridized carbons (Fsp3) is 0.568. The van der Waals surface area contributed by atoms with Crippen LogP contribution < -0.4 is 19.1 Å². The maximum Gasteiger partial charge on any atom is 0.286 e. The van der Waals surface area contributed by atoms with Crippen molar-refractivity contribution in [2.45, 2.75) is 63.0 Å². The zero-order valence-corrected chi connectivity index (χ0v) is 36.5. The second-order valence-electron chi connectivity index (χ2n) is 17.6. The number of amides is 2. The van der Waals surface area contributed by atoms with Crippen molar-refractivity contribution >= 4 is 39.0 Å². The molecule has 2 fully saturated rings. The lowest BCUT2D eigenvalue weighted by atomic mass is 9.68. The minimum atomic E-state index is -3.63. The average Bonchev–Trinajstić information content (AvgIpc) is 3.48. The van der Waals surface area contributed by atoms with E-state index in [2.05, 4.69) is 67.3 Å². The summed E-state index contributed by atoms with van der Waals surface area (Å²) < 4.78 is 42.1. The molecule has 1 spiro atoms. The van der Waals surface area contributed by atoms with Crippen LogP contribution in [-0.4, -0.2) is 121 Å². The van der Waals surface area contributed by atoms with E-state index in [0.717, 1.165) is 69.0 Å². The molecule has 1 N–H and O–H groups in total. The van der Waals surface area contributed by atoms with Gasteiger partial charge >= 0.3 is 0 Å². The van der Waals surface area contributed by atoms with Crippen molar-refractivity contribution in [3.63, 3.8) is 0 Å². The van der Waals surface area contributed by atoms with E-state index in [1.165, 1.54) is 29.1 Å². The summed E-state index contributed by atoms with van der Waals surface area (Å²) in [5.41, 5.74) is 3.43. The third kappa shape index (κ3) is 8.93. The molecule has 1 aromatic heterocycles. The number of fused-ring (bicyclic) bond motifs is 4. The largest absolute Gasteiger partial charge is 0.490 e. The number of anilines is 1. The normalized spacial score (nSPS) is 29.3. The molecule has 5 aliphatic rings. The third-order valence-corrected chi connectivity index (χ3v) is 15.3. The molecule has 6 atom stereocenters. The molecule has 1 saturated heterocycles. The number of nitrogens with one attached hydrogen (secondary N) is 1. The van der Waals surface area contributed by atoms with Gasteiger partial charge in [-0.3, -0.25) is 23.9 Å². The Bertz CT molecular complexity index is 2210. The van der Waals surface area contributed by atoms with E-state index in [0.29, 0.717) is 49.8 Å². The lowest BCUT2D eigenvalue weighted by Gasteiger charge is -2.46. The molecule has 0 unspecified atom stereocenters. The lowest BCUT2D eigenvalue weighted by molar-refractivity contribution is -0.0337. The van der Waals surface area contributed by atoms with Crippen LogP contribution in [0, 0.1) is 17.8 Å². The topological polar surface area (TPSA) is 131 Å². The number of allylic oxidation sites excluding steroid dienone is 1. The van der Waals surface area contributed by atoms with E-state index in [1.807, 2.05) is 25.1 Å². The number of carbonyl (C=O) groups excluding carboxylic acids is 2. The van der Waals surface area contributed by atoms with E-state index >= 15 is 0 Å². The third-order valence-electron chi connectivity index (χ3n) is 13.1. The summed E-state index contributed by atoms with van der Waals surface area (Å²) in [5.74, 6) is -0.140. The number of carbonyl (C=O) groups is 2. The van der Waals surface area contributed by atoms with Crippen LogP contribution in [0.25, 0.3) is 0 Å². The Balaban J connectivity index is 1.15. The van der Waals surface area contributed by atoms with Gasteiger partial charge in [0.25, 0.3) is 11.8 Å². The number of hydrogen-bond acceptors (Lipinski definition) is 10. The number of methoxy groups -OCH3 is 1. The Labute approximate surface area is 353 Å². The molecule has 8 rings (SSSR count). The first kappa shape index (κ1) is 41.8. The van der Waals surface area contributed by atoms with Crippen molar-refractivity contribution in [3.8, 4) is 11.6 Å². The molecule has 2 bridgehead atoms. The molecule has 4 heterocycles. The minimum Gasteiger partial charge on any atom is -0.490 e. The molecule has 15 heteroatoms. The predicted molar refractivity (Wildman–Crippen MR) is 230 cm³/mol. The molecule has 3 aliphatic heterocycles. The van der Waals surface area contributed by atoms with E-state index in [-0.39, 0.29) is 40.2 Å². The number of nitrogens with zero attached hydrogens (tertiary/aromatic N) is 6. The summed E-state index contributed by atoms with van der Waals surface area (Å²) in [5, 5.41) is 4.92. The molecule has 2 aliphatic carbocycles. The van der Waals surface area contributed by atoms with Crippen molar-refractivity contribution in [1.82, 2.24) is 24.3 Å². The molecule has 3 aromatic rings. The van der Waals surface area contributed by atoms with Gasteiger partial charge in [-0.25, -0.2) is 4.21 Å². The second-order valence-corrected chi connectivity index (χ2v) is 20.1. The SMILES string of the molecule is COc1nn(C)cc1C(=O)N[S@@]1(=O)=NC(=O)c2ccc3c(c2)N(C[C@@H]2CC[C@H]2[C@@H](OCCN2CC(N(C)C)C2)/C=C/C[C@H](C)C1)C[C@@]1(CCCc2cc(Cl)ccc21)CO3. The first-order valence-electron chi connectivity index (χ1n) is 21.0. The Morgan fingerprint density at radius 1 is 1.15 bits per heavy atom. The van der Waals surface area contributed by atoms with Crippen molar-refractivity contribution in [2.24, 2.45) is 29.2 Å². The summed E-state index contributed by atoms with van der Waals surface area (Å²) in [6.07, 6.45) is 11.4. The molecule has 2 amide bonds. The molecule has 1 saturated carbocycles. The number of rotatable bonds is 8. The molecule has 0 radical (unpaired) electrons. The predicted octanol–water partition coefficient (Wildman–Crippen LogP) is 5.76. The zero-order chi connectivity index (χ0) is 41.5. The lowest BCUT2D eigenvalue weighted by Crippen LogP contribution is -2.58. The van der Waals surface area contributed by atoms with Crippen LogP contribution in [0.2, 0.25) is 5.02 Å². The summed E-state index contributed by atoms with van der Waals surface area (Å²) in [6.45, 7) is 7.54. The molecular formula is C44H58ClN7O6S. The molecule has 2 aromatic carbocycles. The number of hydrogen-bond donors (Lipinski definition) is 1. The first-order valence-corrected chi connectivity index (χ1v) is 23.0. The quantitative estimate of drug-likeness (QED) is 0.280. The maximum atomic E-state index is 14.8. The van der Waals surface area contributed by atoms with Crippen LogP contribution in [0.4, 0.5) is 5.69 Å². The highest BCUT2D eigenvalue weighted by molar-refractivity contribution is 7.92. The van der Waals surface area contributed by atoms with Gasteiger partial charge in [0.15, 0.2) is 0 Å². The van der Waals surface area contributed by atoms with Gasteiger partial charge in [-0.05, 0) is 112 Å². The van der Waals surface area contributed by atoms with Crippen LogP contribution in [-0.2, 0) is 33.5 Å². The molecule has 318 valence electrons. The highest BCUT2D eigenvalue weighted by atomic mass is 35.5. The fourth-order valence-corrected chi connectivity index (χ4v) is 11.7. The number of benzene rings is 2. The number of aromatic nitrogens is 2. The molecular weight excluding hydrogens is 790 g/mol. The Morgan fingerprint density at radius 2 is 1.98 bits per heavy atom. The second kappa shape index (κ2) is 17.2. The van der Waals surface area contributed by atoms with Crippen molar-refractivity contribution in [3.05, 3.63) is 82.0 Å². The van der Waals surface area contributed by atoms with Crippen molar-refractivity contribution in [1.29, 1.82) is 0 Å². The van der Waals surface area contributed by atoms with Crippen molar-refractivity contribution in [2.75, 3.05) is 77.8 Å². The Kier molecular flexibility index (Phi) is 12.2. The first-order chi connectivity index (χ1) is 28.3. The van der Waals surface area contributed by atoms with E-state index in [4.69, 9.17) is 25.8 Å². The standard InChI is InChI=1S/C44H58ClN7O6S/c1-29-8-6-10-39(57-19-18-51-23-34(24-51)49(2)3)35-14-11-32(35)22-52-27-44(17-7-9-30-20-33(45)13-15-37(30)44)28-58-40-16-12-31(21-38(40)52)41(53)47-59(55,26-29)48-42(54)36-25-50(4)46-43(36)56-5/h6,10,12-13,15-16,20-21,25,29,32,34-35,39H,7-9,11,14,17-19,22-24,26-28H2,1-5H3,(H,47,48,53,54,55)/b10-6+/t29-,32-,35+,39-,44-,59-/m0/s1. The van der Waals surface area contributed by atoms with Gasteiger partial charge in [0.05, 0.1) is 37.9 Å². The van der Waals surface area contributed by atoms with E-state index in [1.54, 1.807) is 13.1 Å². The van der Waals surface area contributed by atoms with Crippen LogP contribution in [0.1, 0.15) is 70.9 Å². The van der Waals surface area contributed by atoms with E-state index < -0.39 is 21.7 Å². The number of ether oxygens (including phenoxy) is 3. The van der Waals surface area contributed by atoms with Crippen LogP contribution in [0.5, 0.6) is 11.6 Å². The average molecular weight is 849 g/mol. The highest BCUT2D eigenvalue weighted by Gasteiger charge is 2.45. The van der Waals surface area contributed by atoms with Gasteiger partial charge in [-0.2, -0.15) is 0 Å². The van der Waals surface area contributed by atoms with Crippen LogP contribution in [0.15, 0.2) is 59.1 Å². The van der Waals surface area contributed by atoms with Gasteiger partial charge < -0.3 is 24.0 Å². The minimum absolute atomic E-state index is 0.0386. The van der Waals surface area contributed by atoms with Gasteiger partial charge in [0.2, 0.25) is 5.88 Å². The van der Waals surface area contributed by atoms with Crippen LogP contribution in [0.3, 0.4) is 0 Å². The summed E-state index contributed by atoms with van der Waals surface area (Å²) >= 11 is 6.52. The number of halogens is 1. The van der Waals surface area contributed by atoms with Crippen molar-refractivity contribution < 1.29 is 28.0 Å². The Morgan fingerprint density at radius 3 is 2.75 bits per heavy atom. The van der Waals surface area contributed by atoms with Gasteiger partial charge in [0.1, 0.15) is 21.2 Å². The van der Waals surface area contributed by atoms with Gasteiger partial charge in [-0.15, -0.1) is 9.46 Å². The summed E-state index contributed by atoms with van der Waals surface area (Å²) in [6, 6.07) is 12.2. The van der Waals surface area contributed by atoms with Gasteiger partial charge in [-0.1, -0.05) is 36.7 Å². The maximum absolute atomic E-state index is 14.8. The van der Waals surface area contributed by atoms with Gasteiger partial charge in [0, 0.05) is 68.0 Å².